The molecule has 188 valence electrons. The molecular weight excluding hydrogens is 514 g/mol. The number of rotatable bonds is 12. The fourth-order valence-electron chi connectivity index (χ4n) is 3.75. The van der Waals surface area contributed by atoms with Gasteiger partial charge in [0.05, 0.1) is 16.7 Å². The number of fused-ring (bicyclic) bond motifs is 1. The van der Waals surface area contributed by atoms with Crippen LogP contribution in [0.15, 0.2) is 68.7 Å². The molecule has 0 saturated heterocycles. The molecule has 3 N–H and O–H groups in total. The molecule has 3 aromatic rings. The van der Waals surface area contributed by atoms with E-state index >= 15 is 0 Å². The summed E-state index contributed by atoms with van der Waals surface area (Å²) in [5.41, 5.74) is 1.49. The van der Waals surface area contributed by atoms with Crippen LogP contribution >= 0.6 is 11.8 Å². The summed E-state index contributed by atoms with van der Waals surface area (Å²) >= 11 is 1.38. The number of benzene rings is 2. The Balaban J connectivity index is 0.00000342. The van der Waals surface area contributed by atoms with Gasteiger partial charge in [-0.2, -0.15) is 0 Å². The molecule has 2 unspecified atom stereocenters. The number of carboxylic acids is 2. The fraction of sp³-hybridized carbons (Fsp3) is 0.296. The van der Waals surface area contributed by atoms with Crippen LogP contribution in [0.3, 0.4) is 0 Å². The SMILES string of the molecule is CCCc1c(SC(/C=C/c2ccccc2)C(O)CCCC(=O)O)ccc2c(=O)cc(C(=O)O)oc12.[NaH].[NaH]. The number of aryl methyl sites for hydroxylation is 1. The Kier molecular flexibility index (Phi) is 15.1. The zero-order valence-corrected chi connectivity index (χ0v) is 20.2. The monoisotopic (exact) mass is 544 g/mol. The van der Waals surface area contributed by atoms with Crippen molar-refractivity contribution in [3.63, 3.8) is 0 Å². The third kappa shape index (κ3) is 9.71. The van der Waals surface area contributed by atoms with Crippen LogP contribution in [-0.2, 0) is 11.2 Å². The van der Waals surface area contributed by atoms with Crippen LogP contribution in [0.5, 0.6) is 0 Å². The third-order valence-corrected chi connectivity index (χ3v) is 6.86. The maximum atomic E-state index is 12.5. The molecule has 0 aliphatic carbocycles. The second-order valence-corrected chi connectivity index (χ2v) is 9.37. The van der Waals surface area contributed by atoms with E-state index in [9.17, 15) is 24.6 Å². The average Bonchev–Trinajstić information content (AvgIpc) is 2.83. The molecule has 0 bridgehead atoms. The van der Waals surface area contributed by atoms with Gasteiger partial charge in [0.25, 0.3) is 0 Å². The van der Waals surface area contributed by atoms with Crippen molar-refractivity contribution < 1.29 is 29.3 Å². The minimum absolute atomic E-state index is 0. The van der Waals surface area contributed by atoms with E-state index in [4.69, 9.17) is 9.52 Å². The van der Waals surface area contributed by atoms with E-state index < -0.39 is 34.5 Å². The number of hydrogen-bond acceptors (Lipinski definition) is 6. The summed E-state index contributed by atoms with van der Waals surface area (Å²) in [5, 5.41) is 29.1. The number of aliphatic hydroxyl groups is 1. The van der Waals surface area contributed by atoms with Gasteiger partial charge in [-0.15, -0.1) is 11.8 Å². The summed E-state index contributed by atoms with van der Waals surface area (Å²) in [5.74, 6) is -2.65. The molecule has 7 nitrogen and oxygen atoms in total. The van der Waals surface area contributed by atoms with Crippen LogP contribution in [0.4, 0.5) is 0 Å². The molecule has 1 aromatic heterocycles. The predicted molar refractivity (Wildman–Crippen MR) is 150 cm³/mol. The first-order chi connectivity index (χ1) is 16.8. The van der Waals surface area contributed by atoms with Gasteiger partial charge < -0.3 is 19.7 Å². The third-order valence-electron chi connectivity index (χ3n) is 5.48. The number of aliphatic hydroxyl groups excluding tert-OH is 1. The molecule has 37 heavy (non-hydrogen) atoms. The predicted octanol–water partition coefficient (Wildman–Crippen LogP) is 3.94. The summed E-state index contributed by atoms with van der Waals surface area (Å²) in [6.45, 7) is 1.97. The van der Waals surface area contributed by atoms with Crippen LogP contribution in [0.25, 0.3) is 17.0 Å². The molecule has 0 fully saturated rings. The average molecular weight is 545 g/mol. The number of aromatic carboxylic acids is 1. The van der Waals surface area contributed by atoms with E-state index in [1.165, 1.54) is 11.8 Å². The van der Waals surface area contributed by atoms with Crippen molar-refractivity contribution in [1.29, 1.82) is 0 Å². The number of hydrogen-bond donors (Lipinski definition) is 3. The second kappa shape index (κ2) is 16.6. The molecular formula is C27H30Na2O7S. The molecule has 0 aliphatic rings. The Labute approximate surface area is 263 Å². The van der Waals surface area contributed by atoms with Gasteiger partial charge in [0.15, 0.2) is 5.43 Å². The van der Waals surface area contributed by atoms with Gasteiger partial charge in [-0.3, -0.25) is 9.59 Å². The van der Waals surface area contributed by atoms with E-state index in [0.29, 0.717) is 30.2 Å². The van der Waals surface area contributed by atoms with Crippen LogP contribution in [0, 0.1) is 0 Å². The minimum atomic E-state index is -1.32. The van der Waals surface area contributed by atoms with E-state index in [1.807, 2.05) is 49.4 Å². The summed E-state index contributed by atoms with van der Waals surface area (Å²) in [6.07, 6.45) is 4.87. The van der Waals surface area contributed by atoms with Gasteiger partial charge in [-0.1, -0.05) is 55.8 Å². The number of thioether (sulfide) groups is 1. The van der Waals surface area contributed by atoms with Crippen LogP contribution < -0.4 is 5.43 Å². The van der Waals surface area contributed by atoms with Gasteiger partial charge >= 0.3 is 71.1 Å². The van der Waals surface area contributed by atoms with E-state index in [2.05, 4.69) is 0 Å². The fourth-order valence-corrected chi connectivity index (χ4v) is 4.98. The first-order valence-corrected chi connectivity index (χ1v) is 12.3. The molecule has 0 saturated carbocycles. The topological polar surface area (TPSA) is 125 Å². The van der Waals surface area contributed by atoms with Crippen LogP contribution in [-0.4, -0.2) is 97.7 Å². The Hall–Kier alpha value is -1.36. The molecule has 10 heteroatoms. The normalized spacial score (nSPS) is 12.5. The summed E-state index contributed by atoms with van der Waals surface area (Å²) in [7, 11) is 0. The van der Waals surface area contributed by atoms with Crippen molar-refractivity contribution in [3.8, 4) is 0 Å². The molecule has 0 amide bonds. The van der Waals surface area contributed by atoms with Crippen molar-refractivity contribution in [2.24, 2.45) is 0 Å². The number of carbonyl (C=O) groups is 2. The summed E-state index contributed by atoms with van der Waals surface area (Å²) < 4.78 is 5.63. The standard InChI is InChI=1S/C27H28O7S.2Na.2H/c1-2-7-19-23(15-13-18-21(29)16-22(27(32)33)34-26(18)19)35-24(20(28)10-6-11-25(30)31)14-12-17-8-4-3-5-9-17;;;;/h3-5,8-9,12-16,20,24,28H,2,6-7,10-11H2,1H3,(H,30,31)(H,32,33);;;;/b14-12+;;;;. The van der Waals surface area contributed by atoms with Crippen molar-refractivity contribution in [1.82, 2.24) is 0 Å². The van der Waals surface area contributed by atoms with Crippen molar-refractivity contribution in [2.45, 2.75) is 55.3 Å². The summed E-state index contributed by atoms with van der Waals surface area (Å²) in [6, 6.07) is 14.0. The molecule has 2 aromatic carbocycles. The second-order valence-electron chi connectivity index (χ2n) is 8.15. The van der Waals surface area contributed by atoms with Crippen molar-refractivity contribution in [2.75, 3.05) is 0 Å². The van der Waals surface area contributed by atoms with Crippen LogP contribution in [0.2, 0.25) is 0 Å². The Morgan fingerprint density at radius 2 is 1.78 bits per heavy atom. The Morgan fingerprint density at radius 3 is 2.41 bits per heavy atom. The van der Waals surface area contributed by atoms with E-state index in [1.54, 1.807) is 12.1 Å². The maximum absolute atomic E-state index is 12.5. The first-order valence-electron chi connectivity index (χ1n) is 11.4. The Morgan fingerprint density at radius 1 is 1.08 bits per heavy atom. The quantitative estimate of drug-likeness (QED) is 0.231. The molecule has 3 rings (SSSR count). The van der Waals surface area contributed by atoms with Crippen LogP contribution in [0.1, 0.15) is 54.3 Å². The Bertz CT molecular complexity index is 1270. The van der Waals surface area contributed by atoms with E-state index in [-0.39, 0.29) is 71.1 Å². The van der Waals surface area contributed by atoms with Crippen molar-refractivity contribution in [3.05, 3.63) is 81.7 Å². The molecule has 0 spiro atoms. The first kappa shape index (κ1) is 33.7. The number of carboxylic acid groups (broad SMARTS) is 2. The van der Waals surface area contributed by atoms with Crippen molar-refractivity contribution >= 4 is 99.9 Å². The van der Waals surface area contributed by atoms with Gasteiger partial charge in [0.2, 0.25) is 5.76 Å². The van der Waals surface area contributed by atoms with E-state index in [0.717, 1.165) is 22.9 Å². The van der Waals surface area contributed by atoms with Gasteiger partial charge in [-0.05, 0) is 37.0 Å². The van der Waals surface area contributed by atoms with Gasteiger partial charge in [0, 0.05) is 22.9 Å². The van der Waals surface area contributed by atoms with Gasteiger partial charge in [-0.25, -0.2) is 4.79 Å². The molecule has 0 radical (unpaired) electrons. The molecule has 0 aliphatic heterocycles. The summed E-state index contributed by atoms with van der Waals surface area (Å²) in [4.78, 5) is 35.7. The zero-order valence-electron chi connectivity index (χ0n) is 19.3. The molecule has 1 heterocycles. The zero-order chi connectivity index (χ0) is 25.4. The number of aliphatic carboxylic acids is 1. The molecule has 2 atom stereocenters. The van der Waals surface area contributed by atoms with Gasteiger partial charge in [0.1, 0.15) is 5.58 Å².